The van der Waals surface area contributed by atoms with E-state index in [1.807, 2.05) is 6.92 Å². The molecule has 1 aliphatic rings. The van der Waals surface area contributed by atoms with Gasteiger partial charge in [0.25, 0.3) is 0 Å². The lowest BCUT2D eigenvalue weighted by Gasteiger charge is -2.29. The predicted octanol–water partition coefficient (Wildman–Crippen LogP) is -0.0847. The number of amides is 4. The topological polar surface area (TPSA) is 142 Å². The molecule has 5 N–H and O–H groups in total. The molecule has 4 amide bonds. The molecule has 0 saturated carbocycles. The molecule has 0 spiro atoms. The summed E-state index contributed by atoms with van der Waals surface area (Å²) in [7, 11) is 0. The van der Waals surface area contributed by atoms with Crippen LogP contribution in [0.5, 0.6) is 0 Å². The van der Waals surface area contributed by atoms with Crippen molar-refractivity contribution in [3.8, 4) is 0 Å². The second kappa shape index (κ2) is 10.1. The molecule has 148 valence electrons. The Morgan fingerprint density at radius 2 is 1.92 bits per heavy atom. The Labute approximate surface area is 153 Å². The van der Waals surface area contributed by atoms with Crippen molar-refractivity contribution in [2.75, 3.05) is 6.54 Å². The smallest absolute Gasteiger partial charge is 0.244 e. The van der Waals surface area contributed by atoms with Gasteiger partial charge in [-0.05, 0) is 25.2 Å². The number of hydrogen-bond donors (Lipinski definition) is 4. The normalized spacial score (nSPS) is 19.1. The SMILES string of the molecule is CCCC(CC(=O)NO)C(=O)N1CCCC1C(=O)NC(C(N)=O)C(C)C. The van der Waals surface area contributed by atoms with Crippen LogP contribution in [0.4, 0.5) is 0 Å². The second-order valence-corrected chi connectivity index (χ2v) is 7.05. The molecular weight excluding hydrogens is 340 g/mol. The molecule has 0 bridgehead atoms. The number of likely N-dealkylation sites (tertiary alicyclic amines) is 1. The van der Waals surface area contributed by atoms with Crippen molar-refractivity contribution in [1.82, 2.24) is 15.7 Å². The number of nitrogens with one attached hydrogen (secondary N) is 2. The lowest BCUT2D eigenvalue weighted by Crippen LogP contribution is -2.54. The maximum absolute atomic E-state index is 12.8. The average Bonchev–Trinajstić information content (AvgIpc) is 3.07. The highest BCUT2D eigenvalue weighted by Gasteiger charge is 2.38. The van der Waals surface area contributed by atoms with Crippen LogP contribution in [0.15, 0.2) is 0 Å². The van der Waals surface area contributed by atoms with Gasteiger partial charge in [-0.2, -0.15) is 0 Å². The van der Waals surface area contributed by atoms with Gasteiger partial charge in [0.05, 0.1) is 0 Å². The molecule has 26 heavy (non-hydrogen) atoms. The molecule has 1 saturated heterocycles. The molecule has 0 aromatic heterocycles. The van der Waals surface area contributed by atoms with Crippen molar-refractivity contribution in [2.24, 2.45) is 17.6 Å². The van der Waals surface area contributed by atoms with E-state index in [0.29, 0.717) is 32.2 Å². The fourth-order valence-corrected chi connectivity index (χ4v) is 3.28. The van der Waals surface area contributed by atoms with Crippen LogP contribution in [0.3, 0.4) is 0 Å². The van der Waals surface area contributed by atoms with E-state index in [-0.39, 0.29) is 18.2 Å². The lowest BCUT2D eigenvalue weighted by atomic mass is 9.97. The first-order chi connectivity index (χ1) is 12.2. The zero-order valence-electron chi connectivity index (χ0n) is 15.7. The number of nitrogens with zero attached hydrogens (tertiary/aromatic N) is 1. The van der Waals surface area contributed by atoms with E-state index in [0.717, 1.165) is 0 Å². The molecule has 0 aromatic rings. The van der Waals surface area contributed by atoms with Gasteiger partial charge >= 0.3 is 0 Å². The Bertz CT molecular complexity index is 537. The molecule has 9 heteroatoms. The van der Waals surface area contributed by atoms with Crippen molar-refractivity contribution >= 4 is 23.6 Å². The van der Waals surface area contributed by atoms with Crippen molar-refractivity contribution in [3.05, 3.63) is 0 Å². The van der Waals surface area contributed by atoms with Crippen LogP contribution in [0.1, 0.15) is 52.9 Å². The summed E-state index contributed by atoms with van der Waals surface area (Å²) in [5.41, 5.74) is 6.88. The van der Waals surface area contributed by atoms with Crippen molar-refractivity contribution in [3.63, 3.8) is 0 Å². The number of carbonyl (C=O) groups excluding carboxylic acids is 4. The average molecular weight is 370 g/mol. The van der Waals surface area contributed by atoms with Gasteiger partial charge in [-0.15, -0.1) is 0 Å². The first-order valence-corrected chi connectivity index (χ1v) is 9.05. The molecule has 1 heterocycles. The maximum atomic E-state index is 12.8. The predicted molar refractivity (Wildman–Crippen MR) is 93.6 cm³/mol. The lowest BCUT2D eigenvalue weighted by molar-refractivity contribution is -0.145. The van der Waals surface area contributed by atoms with Crippen molar-refractivity contribution in [1.29, 1.82) is 0 Å². The second-order valence-electron chi connectivity index (χ2n) is 7.05. The van der Waals surface area contributed by atoms with Gasteiger partial charge in [0.15, 0.2) is 0 Å². The third-order valence-corrected chi connectivity index (χ3v) is 4.65. The fraction of sp³-hybridized carbons (Fsp3) is 0.765. The van der Waals surface area contributed by atoms with Gasteiger partial charge in [-0.3, -0.25) is 24.4 Å². The molecule has 1 fully saturated rings. The summed E-state index contributed by atoms with van der Waals surface area (Å²) in [5.74, 6) is -2.71. The van der Waals surface area contributed by atoms with E-state index in [1.165, 1.54) is 4.90 Å². The minimum atomic E-state index is -0.799. The summed E-state index contributed by atoms with van der Waals surface area (Å²) in [6, 6.07) is -1.48. The molecule has 0 aliphatic carbocycles. The molecule has 9 nitrogen and oxygen atoms in total. The molecule has 1 rings (SSSR count). The van der Waals surface area contributed by atoms with Crippen molar-refractivity contribution < 1.29 is 24.4 Å². The molecular formula is C17H30N4O5. The van der Waals surface area contributed by atoms with Crippen LogP contribution in [-0.2, 0) is 19.2 Å². The summed E-state index contributed by atoms with van der Waals surface area (Å²) in [5, 5.41) is 11.3. The number of nitrogens with two attached hydrogens (primary N) is 1. The molecule has 3 atom stereocenters. The summed E-state index contributed by atoms with van der Waals surface area (Å²) in [4.78, 5) is 49.9. The van der Waals surface area contributed by atoms with E-state index in [9.17, 15) is 19.2 Å². The molecule has 0 aromatic carbocycles. The number of primary amides is 1. The zero-order chi connectivity index (χ0) is 19.9. The van der Waals surface area contributed by atoms with Gasteiger partial charge in [0.1, 0.15) is 12.1 Å². The van der Waals surface area contributed by atoms with Gasteiger partial charge < -0.3 is 16.0 Å². The Balaban J connectivity index is 2.86. The molecule has 3 unspecified atom stereocenters. The first kappa shape index (κ1) is 21.9. The van der Waals surface area contributed by atoms with Crippen LogP contribution in [0.25, 0.3) is 0 Å². The van der Waals surface area contributed by atoms with E-state index in [2.05, 4.69) is 5.32 Å². The Morgan fingerprint density at radius 3 is 2.42 bits per heavy atom. The Kier molecular flexibility index (Phi) is 8.50. The van der Waals surface area contributed by atoms with E-state index in [1.54, 1.807) is 19.3 Å². The summed E-state index contributed by atoms with van der Waals surface area (Å²) >= 11 is 0. The Hall–Kier alpha value is -2.16. The summed E-state index contributed by atoms with van der Waals surface area (Å²) in [6.45, 7) is 5.86. The van der Waals surface area contributed by atoms with Gasteiger partial charge in [0, 0.05) is 18.9 Å². The van der Waals surface area contributed by atoms with E-state index in [4.69, 9.17) is 10.9 Å². The van der Waals surface area contributed by atoms with Crippen molar-refractivity contribution in [2.45, 2.75) is 65.0 Å². The van der Waals surface area contributed by atoms with Crippen LogP contribution in [-0.4, -0.2) is 52.4 Å². The summed E-state index contributed by atoms with van der Waals surface area (Å²) < 4.78 is 0. The van der Waals surface area contributed by atoms with E-state index < -0.39 is 35.7 Å². The van der Waals surface area contributed by atoms with Crippen LogP contribution >= 0.6 is 0 Å². The summed E-state index contributed by atoms with van der Waals surface area (Å²) in [6.07, 6.45) is 2.19. The van der Waals surface area contributed by atoms with Gasteiger partial charge in [-0.1, -0.05) is 27.2 Å². The largest absolute Gasteiger partial charge is 0.368 e. The van der Waals surface area contributed by atoms with Crippen LogP contribution < -0.4 is 16.5 Å². The monoisotopic (exact) mass is 370 g/mol. The molecule has 1 aliphatic heterocycles. The highest BCUT2D eigenvalue weighted by molar-refractivity contribution is 5.93. The first-order valence-electron chi connectivity index (χ1n) is 9.05. The van der Waals surface area contributed by atoms with Crippen LogP contribution in [0.2, 0.25) is 0 Å². The fourth-order valence-electron chi connectivity index (χ4n) is 3.28. The minimum Gasteiger partial charge on any atom is -0.368 e. The quantitative estimate of drug-likeness (QED) is 0.332. The third kappa shape index (κ3) is 5.69. The van der Waals surface area contributed by atoms with Gasteiger partial charge in [-0.25, -0.2) is 5.48 Å². The van der Waals surface area contributed by atoms with Crippen LogP contribution in [0, 0.1) is 11.8 Å². The minimum absolute atomic E-state index is 0.135. The molecule has 0 radical (unpaired) electrons. The number of carbonyl (C=O) groups is 4. The zero-order valence-corrected chi connectivity index (χ0v) is 15.7. The van der Waals surface area contributed by atoms with Gasteiger partial charge in [0.2, 0.25) is 23.6 Å². The highest BCUT2D eigenvalue weighted by atomic mass is 16.5. The number of hydroxylamine groups is 1. The third-order valence-electron chi connectivity index (χ3n) is 4.65. The highest BCUT2D eigenvalue weighted by Crippen LogP contribution is 2.24. The number of rotatable bonds is 9. The standard InChI is InChI=1S/C17H30N4O5/c1-4-6-11(9-13(22)20-26)17(25)21-8-5-7-12(21)16(24)19-14(10(2)3)15(18)23/h10-12,14,26H,4-9H2,1-3H3,(H2,18,23)(H,19,24)(H,20,22). The van der Waals surface area contributed by atoms with E-state index >= 15 is 0 Å². The maximum Gasteiger partial charge on any atom is 0.244 e. The Morgan fingerprint density at radius 1 is 1.27 bits per heavy atom. The number of hydrogen-bond acceptors (Lipinski definition) is 5.